The molecule has 0 saturated heterocycles. The van der Waals surface area contributed by atoms with Crippen LogP contribution in [0.3, 0.4) is 0 Å². The van der Waals surface area contributed by atoms with Crippen LogP contribution < -0.4 is 10.1 Å². The zero-order valence-electron chi connectivity index (χ0n) is 11.1. The second-order valence-electron chi connectivity index (χ2n) is 3.93. The Hall–Kier alpha value is -1.40. The van der Waals surface area contributed by atoms with Crippen molar-refractivity contribution in [3.8, 4) is 5.75 Å². The third-order valence-electron chi connectivity index (χ3n) is 2.86. The topological polar surface area (TPSA) is 52.0 Å². The lowest BCUT2D eigenvalue weighted by Gasteiger charge is -2.17. The lowest BCUT2D eigenvalue weighted by Crippen LogP contribution is -2.22. The molecule has 0 aromatic carbocycles. The summed E-state index contributed by atoms with van der Waals surface area (Å²) >= 11 is 1.65. The average Bonchev–Trinajstić information content (AvgIpc) is 2.97. The number of hydrogen-bond acceptors (Lipinski definition) is 5. The molecule has 0 aliphatic rings. The highest BCUT2D eigenvalue weighted by Gasteiger charge is 2.23. The van der Waals surface area contributed by atoms with Gasteiger partial charge in [-0.15, -0.1) is 11.3 Å². The van der Waals surface area contributed by atoms with Crippen molar-refractivity contribution in [1.29, 1.82) is 0 Å². The number of methoxy groups -OCH3 is 1. The standard InChI is InChI=1S/C12H18N4OS/c1-5-16-12(10(17-4)6-14-16)11(13-3)9-7-18-8(2)15-9/h6-7,11,13H,5H2,1-4H3. The summed E-state index contributed by atoms with van der Waals surface area (Å²) in [6.45, 7) is 4.88. The number of nitrogens with one attached hydrogen (secondary N) is 1. The summed E-state index contributed by atoms with van der Waals surface area (Å²) in [5, 5.41) is 10.8. The van der Waals surface area contributed by atoms with Crippen LogP contribution in [0.4, 0.5) is 0 Å². The monoisotopic (exact) mass is 266 g/mol. The van der Waals surface area contributed by atoms with Crippen molar-refractivity contribution >= 4 is 11.3 Å². The highest BCUT2D eigenvalue weighted by atomic mass is 32.1. The Balaban J connectivity index is 2.46. The van der Waals surface area contributed by atoms with Gasteiger partial charge in [0.1, 0.15) is 5.69 Å². The fourth-order valence-electron chi connectivity index (χ4n) is 2.02. The van der Waals surface area contributed by atoms with Crippen LogP contribution in [0.25, 0.3) is 0 Å². The molecule has 0 bridgehead atoms. The first-order valence-corrected chi connectivity index (χ1v) is 6.78. The lowest BCUT2D eigenvalue weighted by molar-refractivity contribution is 0.400. The van der Waals surface area contributed by atoms with Crippen molar-refractivity contribution in [3.63, 3.8) is 0 Å². The molecule has 2 aromatic heterocycles. The van der Waals surface area contributed by atoms with Crippen LogP contribution in [0.2, 0.25) is 0 Å². The molecule has 0 aliphatic heterocycles. The molecule has 0 amide bonds. The van der Waals surface area contributed by atoms with Crippen molar-refractivity contribution in [3.05, 3.63) is 28.0 Å². The first kappa shape index (κ1) is 13.0. The first-order chi connectivity index (χ1) is 8.71. The molecule has 0 aliphatic carbocycles. The van der Waals surface area contributed by atoms with Gasteiger partial charge in [-0.05, 0) is 20.9 Å². The van der Waals surface area contributed by atoms with Gasteiger partial charge in [0, 0.05) is 11.9 Å². The highest BCUT2D eigenvalue weighted by molar-refractivity contribution is 7.09. The number of aromatic nitrogens is 3. The molecule has 0 spiro atoms. The molecule has 2 heterocycles. The van der Waals surface area contributed by atoms with Crippen LogP contribution in [0.5, 0.6) is 5.75 Å². The summed E-state index contributed by atoms with van der Waals surface area (Å²) in [6.07, 6.45) is 1.75. The van der Waals surface area contributed by atoms with Gasteiger partial charge in [-0.25, -0.2) is 4.98 Å². The van der Waals surface area contributed by atoms with E-state index in [-0.39, 0.29) is 6.04 Å². The summed E-state index contributed by atoms with van der Waals surface area (Å²) < 4.78 is 7.33. The minimum Gasteiger partial charge on any atom is -0.493 e. The zero-order chi connectivity index (χ0) is 13.1. The molecule has 0 fully saturated rings. The van der Waals surface area contributed by atoms with Crippen molar-refractivity contribution in [2.24, 2.45) is 0 Å². The Morgan fingerprint density at radius 2 is 2.33 bits per heavy atom. The van der Waals surface area contributed by atoms with Crippen LogP contribution in [0.1, 0.15) is 29.4 Å². The summed E-state index contributed by atoms with van der Waals surface area (Å²) in [6, 6.07) is 0.00681. The van der Waals surface area contributed by atoms with Crippen LogP contribution >= 0.6 is 11.3 Å². The van der Waals surface area contributed by atoms with Crippen LogP contribution in [0, 0.1) is 6.92 Å². The van der Waals surface area contributed by atoms with Gasteiger partial charge in [0.15, 0.2) is 5.75 Å². The maximum Gasteiger partial charge on any atom is 0.161 e. The van der Waals surface area contributed by atoms with Crippen molar-refractivity contribution in [2.45, 2.75) is 26.4 Å². The Labute approximate surface area is 111 Å². The number of aryl methyl sites for hydroxylation is 2. The molecule has 6 heteroatoms. The van der Waals surface area contributed by atoms with Gasteiger partial charge in [0.2, 0.25) is 0 Å². The molecule has 1 atom stereocenters. The minimum atomic E-state index is 0.00681. The maximum atomic E-state index is 5.39. The smallest absolute Gasteiger partial charge is 0.161 e. The normalized spacial score (nSPS) is 12.7. The third-order valence-corrected chi connectivity index (χ3v) is 3.65. The van der Waals surface area contributed by atoms with E-state index in [1.807, 2.05) is 18.7 Å². The van der Waals surface area contributed by atoms with E-state index in [1.54, 1.807) is 24.6 Å². The van der Waals surface area contributed by atoms with E-state index in [1.165, 1.54) is 0 Å². The second kappa shape index (κ2) is 5.49. The summed E-state index contributed by atoms with van der Waals surface area (Å²) in [7, 11) is 3.59. The van der Waals surface area contributed by atoms with Gasteiger partial charge < -0.3 is 10.1 Å². The minimum absolute atomic E-state index is 0.00681. The number of rotatable bonds is 5. The Kier molecular flexibility index (Phi) is 3.98. The first-order valence-electron chi connectivity index (χ1n) is 5.90. The molecule has 2 aromatic rings. The fraction of sp³-hybridized carbons (Fsp3) is 0.500. The molecule has 18 heavy (non-hydrogen) atoms. The lowest BCUT2D eigenvalue weighted by atomic mass is 10.1. The predicted octanol–water partition coefficient (Wildman–Crippen LogP) is 1.99. The van der Waals surface area contributed by atoms with Crippen LogP contribution in [0.15, 0.2) is 11.6 Å². The molecule has 1 N–H and O–H groups in total. The largest absolute Gasteiger partial charge is 0.493 e. The van der Waals surface area contributed by atoms with Gasteiger partial charge in [-0.2, -0.15) is 5.10 Å². The Morgan fingerprint density at radius 1 is 1.56 bits per heavy atom. The van der Waals surface area contributed by atoms with Gasteiger partial charge >= 0.3 is 0 Å². The van der Waals surface area contributed by atoms with E-state index in [9.17, 15) is 0 Å². The fourth-order valence-corrected chi connectivity index (χ4v) is 2.65. The third kappa shape index (κ3) is 2.26. The number of thiazole rings is 1. The number of ether oxygens (including phenoxy) is 1. The van der Waals surface area contributed by atoms with Gasteiger partial charge in [0.05, 0.1) is 30.1 Å². The molecule has 2 rings (SSSR count). The van der Waals surface area contributed by atoms with Crippen molar-refractivity contribution in [2.75, 3.05) is 14.2 Å². The van der Waals surface area contributed by atoms with Gasteiger partial charge in [0.25, 0.3) is 0 Å². The highest BCUT2D eigenvalue weighted by Crippen LogP contribution is 2.30. The average molecular weight is 266 g/mol. The molecule has 1 unspecified atom stereocenters. The summed E-state index contributed by atoms with van der Waals surface area (Å²) in [5.74, 6) is 0.793. The van der Waals surface area contributed by atoms with E-state index in [0.717, 1.165) is 28.7 Å². The predicted molar refractivity (Wildman–Crippen MR) is 72.2 cm³/mol. The Morgan fingerprint density at radius 3 is 2.83 bits per heavy atom. The zero-order valence-corrected chi connectivity index (χ0v) is 11.9. The van der Waals surface area contributed by atoms with E-state index >= 15 is 0 Å². The molecule has 0 radical (unpaired) electrons. The molecule has 0 saturated carbocycles. The van der Waals surface area contributed by atoms with E-state index in [4.69, 9.17) is 4.74 Å². The SMILES string of the molecule is CCn1ncc(OC)c1C(NC)c1csc(C)n1. The van der Waals surface area contributed by atoms with E-state index in [0.29, 0.717) is 0 Å². The summed E-state index contributed by atoms with van der Waals surface area (Å²) in [4.78, 5) is 4.55. The second-order valence-corrected chi connectivity index (χ2v) is 4.99. The summed E-state index contributed by atoms with van der Waals surface area (Å²) in [5.41, 5.74) is 2.03. The van der Waals surface area contributed by atoms with Crippen molar-refractivity contribution in [1.82, 2.24) is 20.1 Å². The van der Waals surface area contributed by atoms with Crippen LogP contribution in [-0.4, -0.2) is 28.9 Å². The molecule has 98 valence electrons. The van der Waals surface area contributed by atoms with Crippen molar-refractivity contribution < 1.29 is 4.74 Å². The number of nitrogens with zero attached hydrogens (tertiary/aromatic N) is 3. The molecular weight excluding hydrogens is 248 g/mol. The van der Waals surface area contributed by atoms with Gasteiger partial charge in [-0.3, -0.25) is 4.68 Å². The number of hydrogen-bond donors (Lipinski definition) is 1. The van der Waals surface area contributed by atoms with E-state index in [2.05, 4.69) is 27.7 Å². The van der Waals surface area contributed by atoms with Crippen LogP contribution in [-0.2, 0) is 6.54 Å². The van der Waals surface area contributed by atoms with Gasteiger partial charge in [-0.1, -0.05) is 0 Å². The maximum absolute atomic E-state index is 5.39. The Bertz CT molecular complexity index is 498. The quantitative estimate of drug-likeness (QED) is 0.899. The molecule has 5 nitrogen and oxygen atoms in total. The van der Waals surface area contributed by atoms with E-state index < -0.39 is 0 Å². The molecular formula is C12H18N4OS.